The lowest BCUT2D eigenvalue weighted by Crippen LogP contribution is -2.13. The molecule has 0 unspecified atom stereocenters. The van der Waals surface area contributed by atoms with E-state index in [0.29, 0.717) is 46.9 Å². The molecule has 6 heteroatoms. The van der Waals surface area contributed by atoms with E-state index in [1.54, 1.807) is 32.4 Å². The number of methoxy groups -OCH3 is 2. The summed E-state index contributed by atoms with van der Waals surface area (Å²) in [5.41, 5.74) is 9.17. The first-order chi connectivity index (χ1) is 15.1. The highest BCUT2D eigenvalue weighted by molar-refractivity contribution is 5.94. The predicted octanol–water partition coefficient (Wildman–Crippen LogP) is 4.37. The van der Waals surface area contributed by atoms with Crippen LogP contribution in [0.2, 0.25) is 0 Å². The third-order valence-corrected chi connectivity index (χ3v) is 5.20. The number of benzene rings is 3. The number of hydrogen-bond acceptors (Lipinski definition) is 5. The number of rotatable bonds is 7. The summed E-state index contributed by atoms with van der Waals surface area (Å²) in [4.78, 5) is 13.0. The number of nitrogens with zero attached hydrogens (tertiary/aromatic N) is 1. The van der Waals surface area contributed by atoms with Crippen LogP contribution in [-0.4, -0.2) is 25.4 Å². The highest BCUT2D eigenvalue weighted by Crippen LogP contribution is 2.39. The van der Waals surface area contributed by atoms with Gasteiger partial charge in [0, 0.05) is 23.0 Å². The van der Waals surface area contributed by atoms with Gasteiger partial charge in [0.25, 0.3) is 0 Å². The maximum absolute atomic E-state index is 13.0. The van der Waals surface area contributed by atoms with Crippen molar-refractivity contribution < 1.29 is 14.2 Å². The summed E-state index contributed by atoms with van der Waals surface area (Å²) < 4.78 is 18.9. The van der Waals surface area contributed by atoms with E-state index in [1.165, 1.54) is 0 Å². The molecule has 1 aromatic heterocycles. The van der Waals surface area contributed by atoms with E-state index in [0.717, 1.165) is 16.6 Å². The molecule has 0 aliphatic carbocycles. The van der Waals surface area contributed by atoms with E-state index in [-0.39, 0.29) is 5.43 Å². The summed E-state index contributed by atoms with van der Waals surface area (Å²) in [5, 5.41) is 1.28. The van der Waals surface area contributed by atoms with Crippen molar-refractivity contribution in [3.8, 4) is 17.2 Å². The number of para-hydroxylation sites is 1. The molecule has 158 valence electrons. The molecule has 31 heavy (non-hydrogen) atoms. The third-order valence-electron chi connectivity index (χ3n) is 5.20. The van der Waals surface area contributed by atoms with Gasteiger partial charge >= 0.3 is 0 Å². The first-order valence-corrected chi connectivity index (χ1v) is 9.86. The third kappa shape index (κ3) is 3.68. The fraction of sp³-hybridized carbons (Fsp3) is 0.160. The summed E-state index contributed by atoms with van der Waals surface area (Å²) in [6.07, 6.45) is 1.66. The van der Waals surface area contributed by atoms with Crippen LogP contribution in [0.4, 0.5) is 5.69 Å². The lowest BCUT2D eigenvalue weighted by Gasteiger charge is -2.18. The van der Waals surface area contributed by atoms with Crippen molar-refractivity contribution in [3.05, 3.63) is 83.0 Å². The Morgan fingerprint density at radius 1 is 0.968 bits per heavy atom. The average molecular weight is 416 g/mol. The first kappa shape index (κ1) is 20.3. The van der Waals surface area contributed by atoms with E-state index < -0.39 is 0 Å². The van der Waals surface area contributed by atoms with Crippen molar-refractivity contribution in [1.29, 1.82) is 0 Å². The van der Waals surface area contributed by atoms with Crippen LogP contribution in [0, 0.1) is 0 Å². The summed E-state index contributed by atoms with van der Waals surface area (Å²) in [5.74, 6) is 1.64. The zero-order valence-corrected chi connectivity index (χ0v) is 17.6. The molecule has 2 N–H and O–H groups in total. The molecule has 0 aliphatic heterocycles. The van der Waals surface area contributed by atoms with E-state index in [2.05, 4.69) is 11.1 Å². The van der Waals surface area contributed by atoms with Crippen LogP contribution in [0.15, 0.2) is 72.0 Å². The number of ether oxygens (including phenoxy) is 3. The Bertz CT molecular complexity index is 1320. The molecule has 0 atom stereocenters. The largest absolute Gasteiger partial charge is 0.493 e. The van der Waals surface area contributed by atoms with Crippen LogP contribution >= 0.6 is 0 Å². The van der Waals surface area contributed by atoms with Gasteiger partial charge in [0.2, 0.25) is 5.75 Å². The second-order valence-electron chi connectivity index (χ2n) is 7.14. The van der Waals surface area contributed by atoms with Crippen molar-refractivity contribution in [2.24, 2.45) is 0 Å². The molecule has 0 saturated heterocycles. The topological polar surface area (TPSA) is 75.7 Å². The Morgan fingerprint density at radius 2 is 1.65 bits per heavy atom. The van der Waals surface area contributed by atoms with Gasteiger partial charge in [-0.25, -0.2) is 0 Å². The maximum Gasteiger partial charge on any atom is 0.203 e. The molecule has 0 bridgehead atoms. The zero-order chi connectivity index (χ0) is 22.0. The smallest absolute Gasteiger partial charge is 0.203 e. The fourth-order valence-corrected chi connectivity index (χ4v) is 3.80. The van der Waals surface area contributed by atoms with Crippen LogP contribution in [0.5, 0.6) is 17.2 Å². The highest BCUT2D eigenvalue weighted by atomic mass is 16.5. The van der Waals surface area contributed by atoms with Crippen molar-refractivity contribution >= 4 is 27.5 Å². The quantitative estimate of drug-likeness (QED) is 0.275. The van der Waals surface area contributed by atoms with Crippen LogP contribution in [0.1, 0.15) is 5.56 Å². The summed E-state index contributed by atoms with van der Waals surface area (Å²) in [7, 11) is 3.17. The van der Waals surface area contributed by atoms with Crippen molar-refractivity contribution in [1.82, 2.24) is 4.57 Å². The fourth-order valence-electron chi connectivity index (χ4n) is 3.80. The molecule has 0 radical (unpaired) electrons. The van der Waals surface area contributed by atoms with Gasteiger partial charge in [-0.3, -0.25) is 4.79 Å². The highest BCUT2D eigenvalue weighted by Gasteiger charge is 2.16. The van der Waals surface area contributed by atoms with Gasteiger partial charge < -0.3 is 24.5 Å². The molecule has 6 nitrogen and oxygen atoms in total. The number of anilines is 1. The van der Waals surface area contributed by atoms with Gasteiger partial charge in [0.1, 0.15) is 6.61 Å². The Labute approximate surface area is 180 Å². The van der Waals surface area contributed by atoms with Crippen LogP contribution in [-0.2, 0) is 6.54 Å². The number of nitrogens with two attached hydrogens (primary N) is 1. The lowest BCUT2D eigenvalue weighted by molar-refractivity contribution is 0.300. The summed E-state index contributed by atoms with van der Waals surface area (Å²) >= 11 is 0. The van der Waals surface area contributed by atoms with Crippen molar-refractivity contribution in [3.63, 3.8) is 0 Å². The molecule has 4 rings (SSSR count). The monoisotopic (exact) mass is 416 g/mol. The van der Waals surface area contributed by atoms with Gasteiger partial charge in [0.05, 0.1) is 25.3 Å². The number of nitrogen functional groups attached to an aromatic ring is 1. The van der Waals surface area contributed by atoms with Crippen molar-refractivity contribution in [2.75, 3.05) is 26.6 Å². The Kier molecular flexibility index (Phi) is 5.54. The molecule has 4 aromatic rings. The van der Waals surface area contributed by atoms with Crippen molar-refractivity contribution in [2.45, 2.75) is 6.54 Å². The second kappa shape index (κ2) is 8.44. The maximum atomic E-state index is 13.0. The Balaban J connectivity index is 1.94. The van der Waals surface area contributed by atoms with Gasteiger partial charge in [0.15, 0.2) is 16.9 Å². The summed E-state index contributed by atoms with van der Waals surface area (Å²) in [6, 6.07) is 16.8. The lowest BCUT2D eigenvalue weighted by atomic mass is 10.1. The van der Waals surface area contributed by atoms with E-state index in [9.17, 15) is 4.79 Å². The minimum absolute atomic E-state index is 0.00909. The molecule has 1 heterocycles. The van der Waals surface area contributed by atoms with Crippen LogP contribution < -0.4 is 25.4 Å². The van der Waals surface area contributed by atoms with Gasteiger partial charge in [-0.05, 0) is 48.0 Å². The molecular weight excluding hydrogens is 392 g/mol. The van der Waals surface area contributed by atoms with E-state index in [4.69, 9.17) is 19.9 Å². The zero-order valence-electron chi connectivity index (χ0n) is 17.6. The summed E-state index contributed by atoms with van der Waals surface area (Å²) in [6.45, 7) is 4.50. The van der Waals surface area contributed by atoms with Crippen LogP contribution in [0.25, 0.3) is 21.8 Å². The number of aromatic nitrogens is 1. The number of hydrogen-bond donors (Lipinski definition) is 1. The Morgan fingerprint density at radius 3 is 2.32 bits per heavy atom. The number of pyridine rings is 1. The molecule has 0 aliphatic rings. The standard InChI is InChI=1S/C25H24N2O4/c1-4-11-31-25-22(29-2)12-16(13-23(25)30-3)15-27-20-8-6-5-7-18(20)24(28)19-10-9-17(26)14-21(19)27/h4-10,12-14H,1,11,15,26H2,2-3H3. The minimum Gasteiger partial charge on any atom is -0.493 e. The van der Waals surface area contributed by atoms with Crippen LogP contribution in [0.3, 0.4) is 0 Å². The molecule has 0 saturated carbocycles. The minimum atomic E-state index is -0.00909. The van der Waals surface area contributed by atoms with E-state index >= 15 is 0 Å². The Hall–Kier alpha value is -3.93. The van der Waals surface area contributed by atoms with Gasteiger partial charge in [-0.2, -0.15) is 0 Å². The second-order valence-corrected chi connectivity index (χ2v) is 7.14. The molecule has 3 aromatic carbocycles. The van der Waals surface area contributed by atoms with E-state index in [1.807, 2.05) is 42.5 Å². The predicted molar refractivity (Wildman–Crippen MR) is 124 cm³/mol. The molecule has 0 fully saturated rings. The number of fused-ring (bicyclic) bond motifs is 2. The molecule has 0 amide bonds. The van der Waals surface area contributed by atoms with Gasteiger partial charge in [-0.1, -0.05) is 24.8 Å². The average Bonchev–Trinajstić information content (AvgIpc) is 2.80. The first-order valence-electron chi connectivity index (χ1n) is 9.86. The molecule has 0 spiro atoms. The molecular formula is C25H24N2O4. The van der Waals surface area contributed by atoms with Gasteiger partial charge in [-0.15, -0.1) is 0 Å². The SMILES string of the molecule is C=CCOc1c(OC)cc(Cn2c3ccccc3c(=O)c3ccc(N)cc32)cc1OC. The normalized spacial score (nSPS) is 10.9.